The molecule has 2 aliphatic rings. The van der Waals surface area contributed by atoms with E-state index in [1.807, 2.05) is 70.3 Å². The molecule has 6 atom stereocenters. The summed E-state index contributed by atoms with van der Waals surface area (Å²) in [6.45, 7) is 2.99. The van der Waals surface area contributed by atoms with Gasteiger partial charge < -0.3 is 44.8 Å². The number of hydrogen-bond acceptors (Lipinski definition) is 11. The number of methoxy groups -OCH3 is 3. The number of hydrogen-bond donors (Lipinski definition) is 5. The number of H-pyrrole nitrogens is 2. The number of benzene rings is 2. The SMILES string of the molecule is COC(=O)NC(C(=O)N1CCCC1c1ncc(-c2ccc(C#Cc3ccc(-c4cnc(C5CCCN5C(O)C(NC(=O)OC)C(C)OC)[nH]4)cc3)cc2)[nH]1)c1ccsc1. The van der Waals surface area contributed by atoms with Gasteiger partial charge in [0, 0.05) is 31.3 Å². The molecule has 3 aromatic heterocycles. The summed E-state index contributed by atoms with van der Waals surface area (Å²) in [6.07, 6.45) is 4.04. The molecule has 2 aliphatic heterocycles. The van der Waals surface area contributed by atoms with Gasteiger partial charge in [-0.25, -0.2) is 19.6 Å². The van der Waals surface area contributed by atoms with E-state index in [9.17, 15) is 19.5 Å². The fourth-order valence-corrected chi connectivity index (χ4v) is 8.37. The van der Waals surface area contributed by atoms with Crippen LogP contribution < -0.4 is 10.6 Å². The van der Waals surface area contributed by atoms with Crippen LogP contribution in [0, 0.1) is 11.8 Å². The number of likely N-dealkylation sites (tertiary alicyclic amines) is 2. The van der Waals surface area contributed by atoms with E-state index in [-0.39, 0.29) is 18.0 Å². The monoisotopic (exact) mass is 820 g/mol. The number of aromatic amines is 2. The van der Waals surface area contributed by atoms with Crippen molar-refractivity contribution < 1.29 is 33.7 Å². The van der Waals surface area contributed by atoms with Gasteiger partial charge in [-0.3, -0.25) is 9.69 Å². The van der Waals surface area contributed by atoms with Crippen LogP contribution >= 0.6 is 11.3 Å². The first-order valence-electron chi connectivity index (χ1n) is 19.5. The Kier molecular flexibility index (Phi) is 13.1. The number of nitrogens with one attached hydrogen (secondary N) is 4. The number of aromatic nitrogens is 4. The number of nitrogens with zero attached hydrogens (tertiary/aromatic N) is 4. The van der Waals surface area contributed by atoms with Gasteiger partial charge in [0.1, 0.15) is 23.9 Å². The van der Waals surface area contributed by atoms with Crippen LogP contribution in [0.1, 0.15) is 79.1 Å². The summed E-state index contributed by atoms with van der Waals surface area (Å²) in [7, 11) is 4.10. The van der Waals surface area contributed by atoms with Gasteiger partial charge in [0.2, 0.25) is 0 Å². The molecule has 7 rings (SSSR count). The molecule has 3 amide bonds. The number of amides is 3. The van der Waals surface area contributed by atoms with Crippen LogP contribution in [0.2, 0.25) is 0 Å². The van der Waals surface area contributed by atoms with E-state index >= 15 is 0 Å². The van der Waals surface area contributed by atoms with Crippen LogP contribution in [0.25, 0.3) is 22.5 Å². The predicted molar refractivity (Wildman–Crippen MR) is 221 cm³/mol. The Morgan fingerprint density at radius 3 is 1.93 bits per heavy atom. The van der Waals surface area contributed by atoms with Crippen molar-refractivity contribution in [3.8, 4) is 34.4 Å². The van der Waals surface area contributed by atoms with Crippen molar-refractivity contribution in [3.05, 3.63) is 106 Å². The highest BCUT2D eigenvalue weighted by molar-refractivity contribution is 7.08. The van der Waals surface area contributed by atoms with E-state index in [1.54, 1.807) is 24.2 Å². The molecule has 5 heterocycles. The van der Waals surface area contributed by atoms with Crippen molar-refractivity contribution in [2.24, 2.45) is 0 Å². The van der Waals surface area contributed by atoms with E-state index in [4.69, 9.17) is 14.2 Å². The molecule has 0 spiro atoms. The van der Waals surface area contributed by atoms with Crippen molar-refractivity contribution in [1.29, 1.82) is 0 Å². The Morgan fingerprint density at radius 1 is 0.814 bits per heavy atom. The molecule has 2 saturated heterocycles. The molecule has 2 aromatic carbocycles. The molecular weight excluding hydrogens is 773 g/mol. The van der Waals surface area contributed by atoms with E-state index < -0.39 is 36.6 Å². The van der Waals surface area contributed by atoms with Gasteiger partial charge in [-0.2, -0.15) is 11.3 Å². The highest BCUT2D eigenvalue weighted by Gasteiger charge is 2.40. The zero-order valence-corrected chi connectivity index (χ0v) is 34.1. The second-order valence-corrected chi connectivity index (χ2v) is 15.3. The number of thiophene rings is 1. The van der Waals surface area contributed by atoms with Crippen LogP contribution in [0.5, 0.6) is 0 Å². The Bertz CT molecular complexity index is 2260. The van der Waals surface area contributed by atoms with Gasteiger partial charge in [0.05, 0.1) is 62.2 Å². The number of aliphatic hydroxyl groups is 1. The molecule has 59 heavy (non-hydrogen) atoms. The van der Waals surface area contributed by atoms with Gasteiger partial charge >= 0.3 is 12.2 Å². The third-order valence-electron chi connectivity index (χ3n) is 11.0. The van der Waals surface area contributed by atoms with Crippen molar-refractivity contribution in [3.63, 3.8) is 0 Å². The largest absolute Gasteiger partial charge is 0.453 e. The lowest BCUT2D eigenvalue weighted by molar-refractivity contribution is -0.134. The first-order valence-corrected chi connectivity index (χ1v) is 20.4. The van der Waals surface area contributed by atoms with Crippen LogP contribution in [0.15, 0.2) is 77.8 Å². The summed E-state index contributed by atoms with van der Waals surface area (Å²) in [5, 5.41) is 20.5. The minimum atomic E-state index is -1.01. The van der Waals surface area contributed by atoms with Crippen LogP contribution in [0.4, 0.5) is 9.59 Å². The number of carbonyl (C=O) groups excluding carboxylic acids is 3. The number of ether oxygens (including phenoxy) is 3. The van der Waals surface area contributed by atoms with Gasteiger partial charge in [-0.1, -0.05) is 36.1 Å². The summed E-state index contributed by atoms with van der Waals surface area (Å²) < 4.78 is 15.0. The molecule has 0 bridgehead atoms. The fourth-order valence-electron chi connectivity index (χ4n) is 7.68. The highest BCUT2D eigenvalue weighted by atomic mass is 32.1. The first-order chi connectivity index (χ1) is 28.7. The minimum absolute atomic E-state index is 0.169. The van der Waals surface area contributed by atoms with Crippen molar-refractivity contribution in [1.82, 2.24) is 40.4 Å². The zero-order chi connectivity index (χ0) is 41.5. The average Bonchev–Trinajstić information content (AvgIpc) is 4.13. The third kappa shape index (κ3) is 9.34. The summed E-state index contributed by atoms with van der Waals surface area (Å²) in [5.74, 6) is 7.73. The maximum atomic E-state index is 13.8. The Labute approximate surface area is 346 Å². The van der Waals surface area contributed by atoms with Gasteiger partial charge in [-0.05, 0) is 90.4 Å². The van der Waals surface area contributed by atoms with Gasteiger partial charge in [0.25, 0.3) is 5.91 Å². The van der Waals surface area contributed by atoms with Gasteiger partial charge in [-0.15, -0.1) is 0 Å². The molecule has 0 saturated carbocycles. The van der Waals surface area contributed by atoms with Crippen LogP contribution in [-0.4, -0.2) is 106 Å². The fraction of sp³-hybridized carbons (Fsp3) is 0.372. The smallest absolute Gasteiger partial charge is 0.407 e. The minimum Gasteiger partial charge on any atom is -0.453 e. The van der Waals surface area contributed by atoms with Gasteiger partial charge in [0.15, 0.2) is 0 Å². The summed E-state index contributed by atoms with van der Waals surface area (Å²) in [5.41, 5.74) is 5.99. The zero-order valence-electron chi connectivity index (χ0n) is 33.3. The molecule has 0 radical (unpaired) electrons. The van der Waals surface area contributed by atoms with Crippen molar-refractivity contribution in [2.75, 3.05) is 34.4 Å². The maximum Gasteiger partial charge on any atom is 0.407 e. The summed E-state index contributed by atoms with van der Waals surface area (Å²) >= 11 is 1.46. The number of aliphatic hydroxyl groups excluding tert-OH is 1. The Morgan fingerprint density at radius 2 is 1.37 bits per heavy atom. The lowest BCUT2D eigenvalue weighted by Gasteiger charge is -2.36. The molecule has 0 aliphatic carbocycles. The second kappa shape index (κ2) is 18.7. The lowest BCUT2D eigenvalue weighted by atomic mass is 10.1. The molecule has 308 valence electrons. The van der Waals surface area contributed by atoms with Crippen LogP contribution in [-0.2, 0) is 19.0 Å². The second-order valence-electron chi connectivity index (χ2n) is 14.5. The van der Waals surface area contributed by atoms with E-state index in [2.05, 4.69) is 42.4 Å². The first kappa shape index (κ1) is 41.2. The molecule has 6 unspecified atom stereocenters. The average molecular weight is 821 g/mol. The lowest BCUT2D eigenvalue weighted by Crippen LogP contribution is -2.56. The summed E-state index contributed by atoms with van der Waals surface area (Å²) in [4.78, 5) is 57.8. The topological polar surface area (TPSA) is 187 Å². The van der Waals surface area contributed by atoms with Crippen molar-refractivity contribution in [2.45, 2.75) is 69.1 Å². The van der Waals surface area contributed by atoms with E-state index in [0.717, 1.165) is 65.1 Å². The number of imidazole rings is 2. The Balaban J connectivity index is 0.976. The quantitative estimate of drug-likeness (QED) is 0.0949. The normalized spacial score (nSPS) is 18.6. The Hall–Kier alpha value is -5.99. The van der Waals surface area contributed by atoms with Crippen LogP contribution in [0.3, 0.4) is 0 Å². The highest BCUT2D eigenvalue weighted by Crippen LogP contribution is 2.36. The summed E-state index contributed by atoms with van der Waals surface area (Å²) in [6, 6.07) is 15.7. The molecule has 5 N–H and O–H groups in total. The maximum absolute atomic E-state index is 13.8. The molecule has 5 aromatic rings. The number of carbonyl (C=O) groups is 3. The van der Waals surface area contributed by atoms with E-state index in [0.29, 0.717) is 24.5 Å². The third-order valence-corrected chi connectivity index (χ3v) is 11.7. The molecule has 16 heteroatoms. The van der Waals surface area contributed by atoms with Crippen molar-refractivity contribution >= 4 is 29.4 Å². The predicted octanol–water partition coefficient (Wildman–Crippen LogP) is 5.90. The molecular formula is C43H48N8O7S. The molecule has 15 nitrogen and oxygen atoms in total. The standard InChI is InChI=1S/C43H48N8O7S/c1-26(56-2)36(48-42(54)57-3)40(52)50-20-5-7-34(50)38-44-23-32(46-38)29-15-11-27(12-16-29)9-10-28-13-17-30(18-14-28)33-24-45-39(47-33)35-8-6-21-51(35)41(53)37(49-43(55)58-4)31-19-22-59-25-31/h11-19,22-26,34-37,40,52H,5-8,20-21H2,1-4H3,(H,44,46)(H,45,47)(H,48,54)(H,49,55). The van der Waals surface area contributed by atoms with E-state index in [1.165, 1.54) is 32.7 Å². The molecule has 2 fully saturated rings. The number of alkyl carbamates (subject to hydrolysis) is 2. The number of rotatable bonds is 12.